The van der Waals surface area contributed by atoms with Crippen LogP contribution in [-0.4, -0.2) is 18.3 Å². The SMILES string of the molecule is COc1cccc(/C(C)=C2\SC(=O)NC2=O)c1. The average Bonchev–Trinajstić information content (AvgIpc) is 2.67. The minimum atomic E-state index is -0.333. The Morgan fingerprint density at radius 1 is 1.35 bits per heavy atom. The summed E-state index contributed by atoms with van der Waals surface area (Å²) < 4.78 is 5.12. The van der Waals surface area contributed by atoms with Crippen LogP contribution in [0.3, 0.4) is 0 Å². The van der Waals surface area contributed by atoms with Crippen LogP contribution in [0.5, 0.6) is 5.75 Å². The highest BCUT2D eigenvalue weighted by molar-refractivity contribution is 8.18. The number of allylic oxidation sites excluding steroid dienone is 1. The molecule has 0 unspecified atom stereocenters. The fourth-order valence-electron chi connectivity index (χ4n) is 1.55. The number of methoxy groups -OCH3 is 1. The Morgan fingerprint density at radius 2 is 2.12 bits per heavy atom. The number of imide groups is 1. The summed E-state index contributed by atoms with van der Waals surface area (Å²) in [5.41, 5.74) is 1.65. The van der Waals surface area contributed by atoms with Crippen LogP contribution in [0.25, 0.3) is 5.57 Å². The second-order valence-corrected chi connectivity index (χ2v) is 4.51. The molecule has 1 aromatic rings. The van der Waals surface area contributed by atoms with E-state index < -0.39 is 0 Å². The first-order chi connectivity index (χ1) is 8.11. The van der Waals surface area contributed by atoms with Gasteiger partial charge in [-0.25, -0.2) is 0 Å². The number of thioether (sulfide) groups is 1. The van der Waals surface area contributed by atoms with Gasteiger partial charge in [-0.1, -0.05) is 12.1 Å². The molecule has 0 aromatic heterocycles. The Labute approximate surface area is 103 Å². The van der Waals surface area contributed by atoms with Crippen molar-refractivity contribution >= 4 is 28.5 Å². The first-order valence-corrected chi connectivity index (χ1v) is 5.82. The number of ether oxygens (including phenoxy) is 1. The van der Waals surface area contributed by atoms with Crippen LogP contribution in [0.15, 0.2) is 29.2 Å². The second kappa shape index (κ2) is 4.63. The fourth-order valence-corrected chi connectivity index (χ4v) is 2.29. The van der Waals surface area contributed by atoms with Crippen LogP contribution in [0.2, 0.25) is 0 Å². The van der Waals surface area contributed by atoms with Gasteiger partial charge in [0.2, 0.25) is 0 Å². The average molecular weight is 249 g/mol. The summed E-state index contributed by atoms with van der Waals surface area (Å²) in [4.78, 5) is 23.1. The molecule has 1 aliphatic heterocycles. The van der Waals surface area contributed by atoms with E-state index >= 15 is 0 Å². The van der Waals surface area contributed by atoms with E-state index in [-0.39, 0.29) is 11.1 Å². The molecule has 0 saturated carbocycles. The third-order valence-corrected chi connectivity index (χ3v) is 3.44. The monoisotopic (exact) mass is 249 g/mol. The minimum Gasteiger partial charge on any atom is -0.497 e. The van der Waals surface area contributed by atoms with E-state index in [4.69, 9.17) is 4.74 Å². The van der Waals surface area contributed by atoms with Gasteiger partial charge >= 0.3 is 0 Å². The van der Waals surface area contributed by atoms with Crippen molar-refractivity contribution in [2.24, 2.45) is 0 Å². The highest BCUT2D eigenvalue weighted by Crippen LogP contribution is 2.32. The van der Waals surface area contributed by atoms with Crippen LogP contribution in [-0.2, 0) is 4.79 Å². The van der Waals surface area contributed by atoms with E-state index in [0.717, 1.165) is 28.6 Å². The number of benzene rings is 1. The number of carbonyl (C=O) groups is 2. The van der Waals surface area contributed by atoms with Gasteiger partial charge in [0.05, 0.1) is 12.0 Å². The second-order valence-electron chi connectivity index (χ2n) is 3.53. The molecule has 4 nitrogen and oxygen atoms in total. The lowest BCUT2D eigenvalue weighted by Gasteiger charge is -2.06. The Kier molecular flexibility index (Phi) is 3.19. The summed E-state index contributed by atoms with van der Waals surface area (Å²) in [5.74, 6) is 0.387. The number of nitrogens with one attached hydrogen (secondary N) is 1. The molecule has 0 bridgehead atoms. The van der Waals surface area contributed by atoms with Crippen molar-refractivity contribution in [3.63, 3.8) is 0 Å². The van der Waals surface area contributed by atoms with Crippen molar-refractivity contribution in [2.75, 3.05) is 7.11 Å². The number of rotatable bonds is 2. The topological polar surface area (TPSA) is 55.4 Å². The standard InChI is InChI=1S/C12H11NO3S/c1-7(10-11(14)13-12(15)17-10)8-4-3-5-9(6-8)16-2/h3-6H,1-2H3,(H,13,14,15)/b10-7-. The minimum absolute atomic E-state index is 0.327. The van der Waals surface area contributed by atoms with E-state index in [0.29, 0.717) is 4.91 Å². The van der Waals surface area contributed by atoms with Crippen molar-refractivity contribution in [1.82, 2.24) is 5.32 Å². The maximum absolute atomic E-state index is 11.5. The number of amides is 2. The molecule has 1 aromatic carbocycles. The molecular weight excluding hydrogens is 238 g/mol. The van der Waals surface area contributed by atoms with Gasteiger partial charge in [-0.05, 0) is 42.0 Å². The molecular formula is C12H11NO3S. The molecule has 1 N–H and O–H groups in total. The molecule has 88 valence electrons. The molecule has 0 atom stereocenters. The van der Waals surface area contributed by atoms with Gasteiger partial charge < -0.3 is 4.74 Å². The molecule has 5 heteroatoms. The van der Waals surface area contributed by atoms with Crippen LogP contribution >= 0.6 is 11.8 Å². The summed E-state index contributed by atoms with van der Waals surface area (Å²) in [6, 6.07) is 7.38. The Morgan fingerprint density at radius 3 is 2.71 bits per heavy atom. The largest absolute Gasteiger partial charge is 0.497 e. The summed E-state index contributed by atoms with van der Waals surface area (Å²) in [6.07, 6.45) is 0. The van der Waals surface area contributed by atoms with E-state index in [2.05, 4.69) is 5.32 Å². The van der Waals surface area contributed by atoms with Gasteiger partial charge in [-0.2, -0.15) is 0 Å². The predicted octanol–water partition coefficient (Wildman–Crippen LogP) is 2.41. The zero-order chi connectivity index (χ0) is 12.4. The zero-order valence-electron chi connectivity index (χ0n) is 9.44. The summed E-state index contributed by atoms with van der Waals surface area (Å²) >= 11 is 0.929. The molecule has 1 fully saturated rings. The Hall–Kier alpha value is -1.75. The predicted molar refractivity (Wildman–Crippen MR) is 66.7 cm³/mol. The van der Waals surface area contributed by atoms with Gasteiger partial charge in [0.1, 0.15) is 5.75 Å². The first-order valence-electron chi connectivity index (χ1n) is 5.00. The molecule has 1 saturated heterocycles. The molecule has 1 aliphatic rings. The Balaban J connectivity index is 2.42. The van der Waals surface area contributed by atoms with Crippen molar-refractivity contribution < 1.29 is 14.3 Å². The number of hydrogen-bond acceptors (Lipinski definition) is 4. The molecule has 17 heavy (non-hydrogen) atoms. The Bertz CT molecular complexity index is 522. The summed E-state index contributed by atoms with van der Waals surface area (Å²) in [7, 11) is 1.59. The lowest BCUT2D eigenvalue weighted by Crippen LogP contribution is -2.18. The van der Waals surface area contributed by atoms with E-state index in [1.165, 1.54) is 0 Å². The zero-order valence-corrected chi connectivity index (χ0v) is 10.3. The maximum atomic E-state index is 11.5. The van der Waals surface area contributed by atoms with E-state index in [1.807, 2.05) is 31.2 Å². The van der Waals surface area contributed by atoms with Crippen molar-refractivity contribution in [3.8, 4) is 5.75 Å². The normalized spacial score (nSPS) is 18.0. The van der Waals surface area contributed by atoms with Crippen molar-refractivity contribution in [2.45, 2.75) is 6.92 Å². The van der Waals surface area contributed by atoms with Gasteiger partial charge in [0, 0.05) is 0 Å². The van der Waals surface area contributed by atoms with E-state index in [1.54, 1.807) is 7.11 Å². The third kappa shape index (κ3) is 2.34. The number of hydrogen-bond donors (Lipinski definition) is 1. The molecule has 0 spiro atoms. The quantitative estimate of drug-likeness (QED) is 0.818. The van der Waals surface area contributed by atoms with Gasteiger partial charge in [-0.3, -0.25) is 14.9 Å². The number of carbonyl (C=O) groups excluding carboxylic acids is 2. The highest BCUT2D eigenvalue weighted by atomic mass is 32.2. The van der Waals surface area contributed by atoms with Crippen LogP contribution in [0, 0.1) is 0 Å². The molecule has 2 rings (SSSR count). The van der Waals surface area contributed by atoms with Gasteiger partial charge in [-0.15, -0.1) is 0 Å². The smallest absolute Gasteiger partial charge is 0.290 e. The summed E-state index contributed by atoms with van der Waals surface area (Å²) in [5, 5.41) is 1.92. The molecule has 1 heterocycles. The van der Waals surface area contributed by atoms with Crippen molar-refractivity contribution in [1.29, 1.82) is 0 Å². The lowest BCUT2D eigenvalue weighted by molar-refractivity contribution is -0.115. The van der Waals surface area contributed by atoms with Crippen LogP contribution < -0.4 is 10.1 Å². The van der Waals surface area contributed by atoms with Crippen LogP contribution in [0.4, 0.5) is 4.79 Å². The fraction of sp³-hybridized carbons (Fsp3) is 0.167. The lowest BCUT2D eigenvalue weighted by atomic mass is 10.1. The highest BCUT2D eigenvalue weighted by Gasteiger charge is 2.27. The molecule has 0 aliphatic carbocycles. The van der Waals surface area contributed by atoms with Gasteiger partial charge in [0.15, 0.2) is 0 Å². The van der Waals surface area contributed by atoms with E-state index in [9.17, 15) is 9.59 Å². The maximum Gasteiger partial charge on any atom is 0.290 e. The third-order valence-electron chi connectivity index (χ3n) is 2.46. The summed E-state index contributed by atoms with van der Waals surface area (Å²) in [6.45, 7) is 1.81. The molecule has 0 radical (unpaired) electrons. The molecule has 2 amide bonds. The van der Waals surface area contributed by atoms with Gasteiger partial charge in [0.25, 0.3) is 11.1 Å². The first kappa shape index (κ1) is 11.7. The van der Waals surface area contributed by atoms with Crippen LogP contribution in [0.1, 0.15) is 12.5 Å². The van der Waals surface area contributed by atoms with Crippen molar-refractivity contribution in [3.05, 3.63) is 34.7 Å².